The van der Waals surface area contributed by atoms with Gasteiger partial charge >= 0.3 is 0 Å². The Kier molecular flexibility index (Phi) is 5.67. The third-order valence-corrected chi connectivity index (χ3v) is 4.55. The van der Waals surface area contributed by atoms with E-state index in [1.807, 2.05) is 0 Å². The molecule has 0 saturated carbocycles. The topological polar surface area (TPSA) is 107 Å². The van der Waals surface area contributed by atoms with Crippen LogP contribution in [-0.2, 0) is 0 Å². The van der Waals surface area contributed by atoms with Gasteiger partial charge in [-0.25, -0.2) is 4.39 Å². The number of amides is 1. The molecule has 3 rings (SSSR count). The summed E-state index contributed by atoms with van der Waals surface area (Å²) >= 11 is 0. The highest BCUT2D eigenvalue weighted by Gasteiger charge is 2.43. The van der Waals surface area contributed by atoms with E-state index in [1.165, 1.54) is 31.2 Å². The molecule has 1 aliphatic heterocycles. The Balaban J connectivity index is 0.00000261. The van der Waals surface area contributed by atoms with Gasteiger partial charge in [-0.05, 0) is 63.2 Å². The minimum Gasteiger partial charge on any atom is -0.485 e. The molecule has 6 nitrogen and oxygen atoms in total. The Bertz CT molecular complexity index is 863. The van der Waals surface area contributed by atoms with E-state index < -0.39 is 29.5 Å². The van der Waals surface area contributed by atoms with Crippen molar-refractivity contribution in [3.8, 4) is 5.75 Å². The van der Waals surface area contributed by atoms with E-state index in [9.17, 15) is 19.1 Å². The molecule has 2 atom stereocenters. The van der Waals surface area contributed by atoms with Crippen molar-refractivity contribution in [2.75, 3.05) is 0 Å². The number of fused-ring (bicyclic) bond motifs is 1. The second-order valence-electron chi connectivity index (χ2n) is 6.92. The van der Waals surface area contributed by atoms with Gasteiger partial charge in [0.1, 0.15) is 23.3 Å². The van der Waals surface area contributed by atoms with Crippen molar-refractivity contribution >= 4 is 11.7 Å². The molecule has 144 valence electrons. The fraction of sp³-hybridized carbons (Fsp3) is 0.300. The number of nitrogens with one attached hydrogen (secondary N) is 1. The van der Waals surface area contributed by atoms with Crippen LogP contribution in [-0.4, -0.2) is 34.0 Å². The zero-order valence-corrected chi connectivity index (χ0v) is 15.2. The maximum absolute atomic E-state index is 13.1. The smallest absolute Gasteiger partial charge is 0.251 e. The number of carbonyl (C=O) groups excluding carboxylic acids is 2. The minimum atomic E-state index is -1.04. The van der Waals surface area contributed by atoms with Gasteiger partial charge in [0.2, 0.25) is 0 Å². The molecule has 1 aliphatic rings. The molecule has 0 saturated heterocycles. The van der Waals surface area contributed by atoms with E-state index in [0.717, 1.165) is 0 Å². The summed E-state index contributed by atoms with van der Waals surface area (Å²) in [6.07, 6.45) is -1.04. The van der Waals surface area contributed by atoms with Gasteiger partial charge < -0.3 is 20.6 Å². The van der Waals surface area contributed by atoms with E-state index in [1.54, 1.807) is 32.0 Å². The number of halogens is 1. The van der Waals surface area contributed by atoms with E-state index in [-0.39, 0.29) is 16.8 Å². The van der Waals surface area contributed by atoms with Gasteiger partial charge in [-0.15, -0.1) is 0 Å². The van der Waals surface area contributed by atoms with Crippen molar-refractivity contribution in [1.29, 1.82) is 0 Å². The first kappa shape index (κ1) is 20.5. The van der Waals surface area contributed by atoms with E-state index in [2.05, 4.69) is 5.32 Å². The molecule has 1 heterocycles. The summed E-state index contributed by atoms with van der Waals surface area (Å²) in [4.78, 5) is 24.3. The summed E-state index contributed by atoms with van der Waals surface area (Å²) in [7, 11) is 0. The van der Waals surface area contributed by atoms with Gasteiger partial charge in [-0.2, -0.15) is 0 Å². The van der Waals surface area contributed by atoms with E-state index >= 15 is 0 Å². The molecule has 27 heavy (non-hydrogen) atoms. The van der Waals surface area contributed by atoms with Crippen LogP contribution < -0.4 is 10.1 Å². The molecule has 0 spiro atoms. The van der Waals surface area contributed by atoms with Gasteiger partial charge in [-0.3, -0.25) is 9.59 Å². The maximum atomic E-state index is 13.1. The quantitative estimate of drug-likeness (QED) is 0.802. The van der Waals surface area contributed by atoms with Crippen LogP contribution in [0.2, 0.25) is 0 Å². The van der Waals surface area contributed by atoms with Gasteiger partial charge in [0.05, 0.1) is 6.04 Å². The predicted octanol–water partition coefficient (Wildman–Crippen LogP) is 2.21. The number of aliphatic hydroxyl groups excluding tert-OH is 1. The summed E-state index contributed by atoms with van der Waals surface area (Å²) in [6, 6.07) is 9.28. The summed E-state index contributed by atoms with van der Waals surface area (Å²) in [5.41, 5.74) is 0.318. The number of aliphatic hydroxyl groups is 1. The third-order valence-electron chi connectivity index (χ3n) is 4.55. The number of carbonyl (C=O) groups is 2. The molecule has 4 N–H and O–H groups in total. The van der Waals surface area contributed by atoms with Crippen LogP contribution in [0.15, 0.2) is 42.5 Å². The third kappa shape index (κ3) is 3.99. The molecule has 0 radical (unpaired) electrons. The molecular weight excluding hydrogens is 353 g/mol. The van der Waals surface area contributed by atoms with Crippen LogP contribution in [0.3, 0.4) is 0 Å². The zero-order chi connectivity index (χ0) is 19.1. The lowest BCUT2D eigenvalue weighted by Gasteiger charge is -2.42. The average Bonchev–Trinajstić information content (AvgIpc) is 2.58. The molecule has 2 aromatic rings. The number of Topliss-reactive ketones (excluding diaryl/α,β-unsaturated/α-hetero) is 1. The Hall–Kier alpha value is -2.77. The van der Waals surface area contributed by atoms with Crippen molar-refractivity contribution in [3.63, 3.8) is 0 Å². The monoisotopic (exact) mass is 375 g/mol. The van der Waals surface area contributed by atoms with E-state index in [0.29, 0.717) is 16.9 Å². The minimum absolute atomic E-state index is 0. The summed E-state index contributed by atoms with van der Waals surface area (Å²) in [5, 5.41) is 13.5. The number of rotatable bonds is 3. The Morgan fingerprint density at radius 1 is 1.11 bits per heavy atom. The second-order valence-corrected chi connectivity index (χ2v) is 6.92. The molecule has 0 fully saturated rings. The van der Waals surface area contributed by atoms with Crippen LogP contribution in [0.5, 0.6) is 5.75 Å². The predicted molar refractivity (Wildman–Crippen MR) is 97.4 cm³/mol. The van der Waals surface area contributed by atoms with Crippen LogP contribution in [0.25, 0.3) is 0 Å². The largest absolute Gasteiger partial charge is 0.485 e. The molecule has 7 heteroatoms. The Morgan fingerprint density at radius 2 is 1.70 bits per heavy atom. The van der Waals surface area contributed by atoms with Gasteiger partial charge in [-0.1, -0.05) is 0 Å². The molecule has 0 aromatic heterocycles. The molecule has 0 aliphatic carbocycles. The number of ether oxygens (including phenoxy) is 1. The van der Waals surface area contributed by atoms with E-state index in [4.69, 9.17) is 4.74 Å². The highest BCUT2D eigenvalue weighted by atomic mass is 19.1. The Morgan fingerprint density at radius 3 is 2.30 bits per heavy atom. The van der Waals surface area contributed by atoms with Crippen molar-refractivity contribution in [2.24, 2.45) is 0 Å². The van der Waals surface area contributed by atoms with Crippen molar-refractivity contribution in [2.45, 2.75) is 38.5 Å². The summed E-state index contributed by atoms with van der Waals surface area (Å²) in [5.74, 6) is -0.526. The molecule has 2 unspecified atom stereocenters. The molecule has 1 amide bonds. The first-order valence-corrected chi connectivity index (χ1v) is 8.27. The summed E-state index contributed by atoms with van der Waals surface area (Å²) in [6.45, 7) is 4.88. The van der Waals surface area contributed by atoms with Gasteiger partial charge in [0.25, 0.3) is 5.91 Å². The second kappa shape index (κ2) is 7.46. The van der Waals surface area contributed by atoms with Gasteiger partial charge in [0, 0.05) is 16.7 Å². The van der Waals surface area contributed by atoms with Crippen molar-refractivity contribution in [1.82, 2.24) is 5.32 Å². The zero-order valence-electron chi connectivity index (χ0n) is 15.2. The summed E-state index contributed by atoms with van der Waals surface area (Å²) < 4.78 is 18.9. The lowest BCUT2D eigenvalue weighted by Crippen LogP contribution is -2.53. The molecular formula is C20H22FNO5. The van der Waals surface area contributed by atoms with Crippen LogP contribution >= 0.6 is 0 Å². The Labute approximate surface area is 156 Å². The number of hydrogen-bond acceptors (Lipinski definition) is 4. The van der Waals surface area contributed by atoms with Crippen molar-refractivity contribution < 1.29 is 29.3 Å². The molecule has 2 aromatic carbocycles. The highest BCUT2D eigenvalue weighted by Crippen LogP contribution is 2.40. The standard InChI is InChI=1S/C20H20FNO4.H2O/c1-11(23)13-6-9-16-15(10-13)17(18(24)20(2,3)26-16)22-19(25)12-4-7-14(21)8-5-12;/h4-10,17-18,24H,1-3H3,(H,22,25);1H2. The number of benzene rings is 2. The first-order valence-electron chi connectivity index (χ1n) is 8.27. The van der Waals surface area contributed by atoms with Crippen molar-refractivity contribution in [3.05, 3.63) is 65.0 Å². The fourth-order valence-electron chi connectivity index (χ4n) is 3.00. The number of ketones is 1. The highest BCUT2D eigenvalue weighted by molar-refractivity contribution is 5.95. The maximum Gasteiger partial charge on any atom is 0.251 e. The van der Waals surface area contributed by atoms with Crippen LogP contribution in [0, 0.1) is 5.82 Å². The average molecular weight is 375 g/mol. The lowest BCUT2D eigenvalue weighted by molar-refractivity contribution is -0.0627. The van der Waals surface area contributed by atoms with Gasteiger partial charge in [0.15, 0.2) is 5.78 Å². The number of hydrogen-bond donors (Lipinski definition) is 2. The SMILES string of the molecule is CC(=O)c1ccc2c(c1)C(NC(=O)c1ccc(F)cc1)C(O)C(C)(C)O2.O. The first-order chi connectivity index (χ1) is 12.2. The fourth-order valence-corrected chi connectivity index (χ4v) is 3.00. The lowest BCUT2D eigenvalue weighted by atomic mass is 9.85. The normalized spacial score (nSPS) is 19.9. The molecule has 0 bridgehead atoms. The van der Waals surface area contributed by atoms with Crippen LogP contribution in [0.4, 0.5) is 4.39 Å². The van der Waals surface area contributed by atoms with Crippen LogP contribution in [0.1, 0.15) is 53.1 Å².